The van der Waals surface area contributed by atoms with Crippen molar-refractivity contribution in [3.05, 3.63) is 0 Å². The molecule has 4 unspecified atom stereocenters. The van der Waals surface area contributed by atoms with Gasteiger partial charge >= 0.3 is 0 Å². The zero-order valence-corrected chi connectivity index (χ0v) is 14.5. The maximum atomic E-state index is 3.40. The molecule has 0 amide bonds. The minimum Gasteiger partial charge on any atom is -0.261 e. The lowest BCUT2D eigenvalue weighted by molar-refractivity contribution is 0.259. The van der Waals surface area contributed by atoms with Gasteiger partial charge in [-0.15, -0.1) is 0 Å². The predicted molar refractivity (Wildman–Crippen MR) is 88.1 cm³/mol. The van der Waals surface area contributed by atoms with Crippen LogP contribution in [0.15, 0.2) is 0 Å². The van der Waals surface area contributed by atoms with Crippen LogP contribution in [-0.2, 0) is 0 Å². The number of hydrogen-bond acceptors (Lipinski definition) is 2. The van der Waals surface area contributed by atoms with E-state index >= 15 is 0 Å². The summed E-state index contributed by atoms with van der Waals surface area (Å²) in [7, 11) is 0. The Morgan fingerprint density at radius 1 is 0.882 bits per heavy atom. The zero-order valence-electron chi connectivity index (χ0n) is 10.2. The Labute approximate surface area is 132 Å². The van der Waals surface area contributed by atoms with Crippen LogP contribution in [0, 0.1) is 35.5 Å². The number of fused-ring (bicyclic) bond motifs is 5. The van der Waals surface area contributed by atoms with E-state index in [9.17, 15) is 0 Å². The summed E-state index contributed by atoms with van der Waals surface area (Å²) in [6.07, 6.45) is 7.56. The van der Waals surface area contributed by atoms with E-state index in [1.165, 1.54) is 32.4 Å². The fourth-order valence-corrected chi connectivity index (χ4v) is 6.10. The van der Waals surface area contributed by atoms with Crippen molar-refractivity contribution < 1.29 is 0 Å². The molecule has 3 rings (SSSR count). The third kappa shape index (κ3) is 2.40. The van der Waals surface area contributed by atoms with Gasteiger partial charge in [0.05, 0.1) is 0 Å². The number of rotatable bonds is 5. The van der Waals surface area contributed by atoms with Crippen molar-refractivity contribution in [3.63, 3.8) is 0 Å². The van der Waals surface area contributed by atoms with Gasteiger partial charge in [0.2, 0.25) is 0 Å². The molecule has 0 aromatic carbocycles. The molecule has 98 valence electrons. The molecule has 0 aliphatic heterocycles. The summed E-state index contributed by atoms with van der Waals surface area (Å²) in [5.41, 5.74) is 0. The van der Waals surface area contributed by atoms with E-state index < -0.39 is 0 Å². The first-order chi connectivity index (χ1) is 8.35. The van der Waals surface area contributed by atoms with E-state index in [1.807, 2.05) is 0 Å². The average molecular weight is 460 g/mol. The Morgan fingerprint density at radius 3 is 2.06 bits per heavy atom. The quantitative estimate of drug-likeness (QED) is 0.485. The van der Waals surface area contributed by atoms with Crippen molar-refractivity contribution in [1.82, 2.24) is 7.06 Å². The van der Waals surface area contributed by atoms with Crippen LogP contribution in [0.25, 0.3) is 0 Å². The molecule has 3 saturated carbocycles. The van der Waals surface area contributed by atoms with Gasteiger partial charge in [0.15, 0.2) is 0 Å². The van der Waals surface area contributed by atoms with Gasteiger partial charge in [-0.25, -0.2) is 0 Å². The number of halogens is 2. The molecule has 2 N–H and O–H groups in total. The SMILES string of the molecule is INCCC1CC2C3CCC(C3CNI)C2C1. The minimum atomic E-state index is 1.02. The lowest BCUT2D eigenvalue weighted by atomic mass is 9.82. The van der Waals surface area contributed by atoms with E-state index in [-0.39, 0.29) is 0 Å². The molecule has 0 spiro atoms. The summed E-state index contributed by atoms with van der Waals surface area (Å²) >= 11 is 4.62. The highest BCUT2D eigenvalue weighted by molar-refractivity contribution is 14.1. The normalized spacial score (nSPS) is 47.6. The van der Waals surface area contributed by atoms with E-state index in [4.69, 9.17) is 0 Å². The van der Waals surface area contributed by atoms with Gasteiger partial charge in [0.1, 0.15) is 0 Å². The summed E-state index contributed by atoms with van der Waals surface area (Å²) in [6.45, 7) is 2.47. The van der Waals surface area contributed by atoms with Gasteiger partial charge in [0.25, 0.3) is 0 Å². The molecule has 4 atom stereocenters. The van der Waals surface area contributed by atoms with Gasteiger partial charge in [-0.3, -0.25) is 7.06 Å². The molecule has 3 fully saturated rings. The molecular formula is C13H22I2N2. The van der Waals surface area contributed by atoms with Crippen LogP contribution in [0.2, 0.25) is 0 Å². The Hall–Kier alpha value is 1.38. The highest BCUT2D eigenvalue weighted by atomic mass is 127. The van der Waals surface area contributed by atoms with E-state index in [1.54, 1.807) is 12.8 Å². The van der Waals surface area contributed by atoms with Crippen molar-refractivity contribution in [2.75, 3.05) is 13.1 Å². The molecule has 0 aromatic heterocycles. The van der Waals surface area contributed by atoms with Crippen molar-refractivity contribution >= 4 is 45.7 Å². The highest BCUT2D eigenvalue weighted by Crippen LogP contribution is 2.63. The topological polar surface area (TPSA) is 24.1 Å². The fraction of sp³-hybridized carbons (Fsp3) is 1.00. The Bertz CT molecular complexity index is 254. The smallest absolute Gasteiger partial charge is 0.0169 e. The first kappa shape index (κ1) is 13.4. The number of nitrogens with one attached hydrogen (secondary N) is 2. The molecule has 3 aliphatic carbocycles. The van der Waals surface area contributed by atoms with Crippen LogP contribution < -0.4 is 7.06 Å². The summed E-state index contributed by atoms with van der Waals surface area (Å²) in [5.74, 6) is 6.40. The summed E-state index contributed by atoms with van der Waals surface area (Å²) in [4.78, 5) is 0. The van der Waals surface area contributed by atoms with Crippen molar-refractivity contribution in [2.45, 2.75) is 32.1 Å². The Kier molecular flexibility index (Phi) is 4.55. The van der Waals surface area contributed by atoms with Crippen LogP contribution in [0.1, 0.15) is 32.1 Å². The van der Waals surface area contributed by atoms with E-state index in [0.29, 0.717) is 0 Å². The highest BCUT2D eigenvalue weighted by Gasteiger charge is 2.56. The van der Waals surface area contributed by atoms with Gasteiger partial charge < -0.3 is 0 Å². The van der Waals surface area contributed by atoms with Crippen molar-refractivity contribution in [3.8, 4) is 0 Å². The fourth-order valence-electron chi connectivity index (χ4n) is 5.28. The standard InChI is InChI=1S/C13H22I2N2/c14-16-4-3-8-5-11-9-1-2-10(12(11)6-8)13(9)7-17-15/h8-13,16-17H,1-7H2. The first-order valence-electron chi connectivity index (χ1n) is 7.02. The lowest BCUT2D eigenvalue weighted by Crippen LogP contribution is -2.21. The summed E-state index contributed by atoms with van der Waals surface area (Å²) in [5, 5.41) is 0. The number of hydrogen-bond donors (Lipinski definition) is 2. The van der Waals surface area contributed by atoms with Crippen LogP contribution in [-0.4, -0.2) is 13.1 Å². The second kappa shape index (κ2) is 5.79. The van der Waals surface area contributed by atoms with Gasteiger partial charge in [0, 0.05) is 58.8 Å². The average Bonchev–Trinajstić information content (AvgIpc) is 2.97. The predicted octanol–water partition coefficient (Wildman–Crippen LogP) is 3.55. The van der Waals surface area contributed by atoms with Gasteiger partial charge in [-0.1, -0.05) is 0 Å². The van der Waals surface area contributed by atoms with E-state index in [0.717, 1.165) is 35.5 Å². The second-order valence-electron chi connectivity index (χ2n) is 6.24. The minimum absolute atomic E-state index is 1.02. The van der Waals surface area contributed by atoms with Gasteiger partial charge in [-0.05, 0) is 67.6 Å². The molecule has 4 heteroatoms. The summed E-state index contributed by atoms with van der Waals surface area (Å²) < 4.78 is 6.69. The van der Waals surface area contributed by atoms with Crippen LogP contribution in [0.5, 0.6) is 0 Å². The molecule has 0 saturated heterocycles. The zero-order chi connectivity index (χ0) is 11.8. The maximum absolute atomic E-state index is 3.40. The van der Waals surface area contributed by atoms with Crippen LogP contribution in [0.4, 0.5) is 0 Å². The summed E-state index contributed by atoms with van der Waals surface area (Å²) in [6, 6.07) is 0. The second-order valence-corrected chi connectivity index (χ2v) is 7.77. The van der Waals surface area contributed by atoms with Crippen molar-refractivity contribution in [2.24, 2.45) is 35.5 Å². The monoisotopic (exact) mass is 460 g/mol. The first-order valence-corrected chi connectivity index (χ1v) is 9.18. The molecule has 3 aliphatic rings. The maximum Gasteiger partial charge on any atom is 0.0169 e. The third-order valence-corrected chi connectivity index (χ3v) is 6.73. The molecule has 0 radical (unpaired) electrons. The molecule has 0 heterocycles. The molecule has 0 aromatic rings. The van der Waals surface area contributed by atoms with E-state index in [2.05, 4.69) is 52.8 Å². The Balaban J connectivity index is 1.61. The largest absolute Gasteiger partial charge is 0.261 e. The molecule has 2 nitrogen and oxygen atoms in total. The van der Waals surface area contributed by atoms with Gasteiger partial charge in [-0.2, -0.15) is 0 Å². The third-order valence-electron chi connectivity index (χ3n) is 5.75. The lowest BCUT2D eigenvalue weighted by Gasteiger charge is -2.23. The molecule has 2 bridgehead atoms. The molecular weight excluding hydrogens is 438 g/mol. The van der Waals surface area contributed by atoms with Crippen molar-refractivity contribution in [1.29, 1.82) is 0 Å². The van der Waals surface area contributed by atoms with Crippen LogP contribution >= 0.6 is 45.7 Å². The van der Waals surface area contributed by atoms with Crippen LogP contribution in [0.3, 0.4) is 0 Å². The Morgan fingerprint density at radius 2 is 1.53 bits per heavy atom. The molecule has 17 heavy (non-hydrogen) atoms.